The number of hydrogen-bond acceptors (Lipinski definition) is 5. The third-order valence-corrected chi connectivity index (χ3v) is 4.00. The first-order chi connectivity index (χ1) is 13.3. The minimum atomic E-state index is -0.753. The first-order valence-electron chi connectivity index (χ1n) is 9.65. The van der Waals surface area contributed by atoms with Gasteiger partial charge in [-0.1, -0.05) is 39.8 Å². The number of ether oxygens (including phenoxy) is 2. The number of para-hydroxylation sites is 1. The number of nitrogens with one attached hydrogen (secondary N) is 2. The van der Waals surface area contributed by atoms with Crippen LogP contribution in [0.5, 0.6) is 5.75 Å². The number of carbonyl (C=O) groups excluding carboxylic acids is 2. The molecule has 2 N–H and O–H groups in total. The number of carbonyl (C=O) groups is 2. The molecule has 7 nitrogen and oxygen atoms in total. The lowest BCUT2D eigenvalue weighted by Crippen LogP contribution is -2.49. The fraction of sp³-hybridized carbons (Fsp3) is 0.571. The molecule has 0 spiro atoms. The van der Waals surface area contributed by atoms with Gasteiger partial charge in [-0.05, 0) is 37.3 Å². The molecule has 1 rings (SSSR count). The number of rotatable bonds is 10. The van der Waals surface area contributed by atoms with Gasteiger partial charge in [0.25, 0.3) is 5.91 Å². The zero-order valence-corrected chi connectivity index (χ0v) is 17.3. The Morgan fingerprint density at radius 1 is 1.18 bits per heavy atom. The van der Waals surface area contributed by atoms with Crippen molar-refractivity contribution in [2.45, 2.75) is 53.2 Å². The summed E-state index contributed by atoms with van der Waals surface area (Å²) in [5, 5.41) is 14.9. The van der Waals surface area contributed by atoms with E-state index < -0.39 is 12.2 Å². The van der Waals surface area contributed by atoms with Gasteiger partial charge >= 0.3 is 6.09 Å². The van der Waals surface area contributed by atoms with Crippen molar-refractivity contribution in [1.82, 2.24) is 10.6 Å². The molecule has 0 saturated carbocycles. The predicted molar refractivity (Wildman–Crippen MR) is 107 cm³/mol. The number of benzene rings is 1. The Morgan fingerprint density at radius 2 is 1.86 bits per heavy atom. The summed E-state index contributed by atoms with van der Waals surface area (Å²) in [6.07, 6.45) is -0.553. The van der Waals surface area contributed by atoms with Gasteiger partial charge in [-0.25, -0.2) is 4.79 Å². The van der Waals surface area contributed by atoms with Crippen LogP contribution in [-0.2, 0) is 9.53 Å². The predicted octanol–water partition coefficient (Wildman–Crippen LogP) is 3.24. The maximum absolute atomic E-state index is 12.7. The Bertz CT molecular complexity index is 682. The topological polar surface area (TPSA) is 100 Å². The summed E-state index contributed by atoms with van der Waals surface area (Å²) in [6.45, 7) is 10.1. The van der Waals surface area contributed by atoms with Crippen molar-refractivity contribution in [2.75, 3.05) is 13.2 Å². The van der Waals surface area contributed by atoms with Crippen LogP contribution in [0.25, 0.3) is 0 Å². The Kier molecular flexibility index (Phi) is 9.86. The zero-order valence-electron chi connectivity index (χ0n) is 17.3. The average Bonchev–Trinajstić information content (AvgIpc) is 2.63. The summed E-state index contributed by atoms with van der Waals surface area (Å²) < 4.78 is 10.8. The summed E-state index contributed by atoms with van der Waals surface area (Å²) in [6, 6.07) is 8.64. The second-order valence-corrected chi connectivity index (χ2v) is 7.33. The molecule has 1 aromatic carbocycles. The molecule has 28 heavy (non-hydrogen) atoms. The van der Waals surface area contributed by atoms with Gasteiger partial charge in [0.2, 0.25) is 0 Å². The summed E-state index contributed by atoms with van der Waals surface area (Å²) in [5.41, 5.74) is 0.377. The fourth-order valence-electron chi connectivity index (χ4n) is 2.72. The number of nitriles is 1. The molecule has 0 radical (unpaired) electrons. The second kappa shape index (κ2) is 11.9. The van der Waals surface area contributed by atoms with Crippen molar-refractivity contribution in [3.63, 3.8) is 0 Å². The van der Waals surface area contributed by atoms with Crippen LogP contribution >= 0.6 is 0 Å². The molecule has 2 atom stereocenters. The lowest BCUT2D eigenvalue weighted by molar-refractivity contribution is -0.129. The van der Waals surface area contributed by atoms with Crippen LogP contribution in [0.2, 0.25) is 0 Å². The lowest BCUT2D eigenvalue weighted by Gasteiger charge is -2.25. The van der Waals surface area contributed by atoms with E-state index in [-0.39, 0.29) is 31.0 Å². The average molecular weight is 389 g/mol. The normalized spacial score (nSPS) is 12.8. The van der Waals surface area contributed by atoms with E-state index in [1.807, 2.05) is 27.7 Å². The van der Waals surface area contributed by atoms with Crippen molar-refractivity contribution in [3.05, 3.63) is 29.8 Å². The molecule has 154 valence electrons. The standard InChI is InChI=1S/C21H31N3O4/c1-6-27-21(26)24-17(11-14(2)3)13-23-20(25)19(15(4)5)28-18-10-8-7-9-16(18)12-22/h7-10,14-15,17,19H,6,11,13H2,1-5H3,(H,23,25)(H,24,26). The minimum Gasteiger partial charge on any atom is -0.479 e. The number of nitrogens with zero attached hydrogens (tertiary/aromatic N) is 1. The maximum Gasteiger partial charge on any atom is 0.407 e. The van der Waals surface area contributed by atoms with Gasteiger partial charge in [-0.15, -0.1) is 0 Å². The summed E-state index contributed by atoms with van der Waals surface area (Å²) >= 11 is 0. The fourth-order valence-corrected chi connectivity index (χ4v) is 2.72. The van der Waals surface area contributed by atoms with Gasteiger partial charge in [0.1, 0.15) is 11.8 Å². The molecule has 2 unspecified atom stereocenters. The SMILES string of the molecule is CCOC(=O)NC(CNC(=O)C(Oc1ccccc1C#N)C(C)C)CC(C)C. The molecule has 0 aliphatic heterocycles. The van der Waals surface area contributed by atoms with Gasteiger partial charge in [-0.2, -0.15) is 5.26 Å². The summed E-state index contributed by atoms with van der Waals surface area (Å²) in [7, 11) is 0. The maximum atomic E-state index is 12.7. The molecular formula is C21H31N3O4. The first-order valence-corrected chi connectivity index (χ1v) is 9.65. The van der Waals surface area contributed by atoms with Gasteiger partial charge in [-0.3, -0.25) is 4.79 Å². The van der Waals surface area contributed by atoms with Crippen molar-refractivity contribution in [3.8, 4) is 11.8 Å². The Labute approximate surface area is 167 Å². The molecule has 0 saturated heterocycles. The van der Waals surface area contributed by atoms with Crippen LogP contribution < -0.4 is 15.4 Å². The highest BCUT2D eigenvalue weighted by Crippen LogP contribution is 2.20. The molecular weight excluding hydrogens is 358 g/mol. The molecule has 7 heteroatoms. The summed E-state index contributed by atoms with van der Waals surface area (Å²) in [4.78, 5) is 24.5. The molecule has 0 fully saturated rings. The molecule has 1 aromatic rings. The van der Waals surface area contributed by atoms with Crippen LogP contribution in [0, 0.1) is 23.2 Å². The van der Waals surface area contributed by atoms with E-state index in [0.29, 0.717) is 23.7 Å². The second-order valence-electron chi connectivity index (χ2n) is 7.33. The van der Waals surface area contributed by atoms with E-state index in [9.17, 15) is 14.9 Å². The molecule has 0 bridgehead atoms. The monoisotopic (exact) mass is 389 g/mol. The molecule has 0 aliphatic rings. The molecule has 0 aliphatic carbocycles. The number of alkyl carbamates (subject to hydrolysis) is 1. The molecule has 0 heterocycles. The van der Waals surface area contributed by atoms with E-state index in [1.165, 1.54) is 0 Å². The largest absolute Gasteiger partial charge is 0.479 e. The van der Waals surface area contributed by atoms with Gasteiger partial charge in [0, 0.05) is 12.6 Å². The highest BCUT2D eigenvalue weighted by atomic mass is 16.5. The van der Waals surface area contributed by atoms with Gasteiger partial charge < -0.3 is 20.1 Å². The lowest BCUT2D eigenvalue weighted by atomic mass is 10.0. The van der Waals surface area contributed by atoms with Crippen LogP contribution in [0.3, 0.4) is 0 Å². The Morgan fingerprint density at radius 3 is 2.43 bits per heavy atom. The molecule has 0 aromatic heterocycles. The van der Waals surface area contributed by atoms with Crippen molar-refractivity contribution in [1.29, 1.82) is 5.26 Å². The first kappa shape index (κ1) is 23.3. The van der Waals surface area contributed by atoms with Crippen LogP contribution in [0.15, 0.2) is 24.3 Å². The smallest absolute Gasteiger partial charge is 0.407 e. The van der Waals surface area contributed by atoms with Crippen LogP contribution in [-0.4, -0.2) is 37.3 Å². The van der Waals surface area contributed by atoms with Crippen molar-refractivity contribution in [2.24, 2.45) is 11.8 Å². The van der Waals surface area contributed by atoms with Gasteiger partial charge in [0.05, 0.1) is 12.2 Å². The van der Waals surface area contributed by atoms with Crippen molar-refractivity contribution < 1.29 is 19.1 Å². The van der Waals surface area contributed by atoms with Crippen LogP contribution in [0.1, 0.15) is 46.6 Å². The highest BCUT2D eigenvalue weighted by molar-refractivity contribution is 5.81. The highest BCUT2D eigenvalue weighted by Gasteiger charge is 2.26. The quantitative estimate of drug-likeness (QED) is 0.640. The zero-order chi connectivity index (χ0) is 21.1. The number of hydrogen-bond donors (Lipinski definition) is 2. The third-order valence-electron chi connectivity index (χ3n) is 4.00. The van der Waals surface area contributed by atoms with E-state index in [4.69, 9.17) is 9.47 Å². The summed E-state index contributed by atoms with van der Waals surface area (Å²) in [5.74, 6) is 0.321. The van der Waals surface area contributed by atoms with Crippen molar-refractivity contribution >= 4 is 12.0 Å². The Hall–Kier alpha value is -2.75. The van der Waals surface area contributed by atoms with E-state index >= 15 is 0 Å². The third kappa shape index (κ3) is 7.87. The van der Waals surface area contributed by atoms with Crippen LogP contribution in [0.4, 0.5) is 4.79 Å². The number of amides is 2. The Balaban J connectivity index is 2.78. The van der Waals surface area contributed by atoms with E-state index in [1.54, 1.807) is 31.2 Å². The molecule has 2 amide bonds. The van der Waals surface area contributed by atoms with Gasteiger partial charge in [0.15, 0.2) is 6.10 Å². The minimum absolute atomic E-state index is 0.103. The van der Waals surface area contributed by atoms with E-state index in [0.717, 1.165) is 0 Å². The van der Waals surface area contributed by atoms with E-state index in [2.05, 4.69) is 16.7 Å².